The summed E-state index contributed by atoms with van der Waals surface area (Å²) in [6, 6.07) is 0. The van der Waals surface area contributed by atoms with Crippen LogP contribution in [0.4, 0.5) is 0 Å². The minimum Gasteiger partial charge on any atom is -0.459 e. The van der Waals surface area contributed by atoms with Crippen LogP contribution in [-0.4, -0.2) is 17.3 Å². The standard InChI is InChI=1S/C17H30O2S/c1-17(19-16(18)12-13-20,14-8-4-2-5-9-14)15-10-6-3-7-11-15/h14-15,20H,2-13H2,1H3. The van der Waals surface area contributed by atoms with Gasteiger partial charge in [0.15, 0.2) is 0 Å². The average Bonchev–Trinajstić information content (AvgIpc) is 2.49. The molecule has 2 saturated carbocycles. The van der Waals surface area contributed by atoms with Crippen molar-refractivity contribution in [2.75, 3.05) is 5.75 Å². The number of hydrogen-bond acceptors (Lipinski definition) is 3. The molecular formula is C17H30O2S. The predicted molar refractivity (Wildman–Crippen MR) is 86.1 cm³/mol. The lowest BCUT2D eigenvalue weighted by atomic mass is 9.67. The van der Waals surface area contributed by atoms with Crippen LogP contribution in [-0.2, 0) is 9.53 Å². The first-order chi connectivity index (χ1) is 9.66. The van der Waals surface area contributed by atoms with E-state index in [1.807, 2.05) is 0 Å². The van der Waals surface area contributed by atoms with Crippen molar-refractivity contribution in [3.05, 3.63) is 0 Å². The Morgan fingerprint density at radius 1 is 1.00 bits per heavy atom. The Bertz CT molecular complexity index is 286. The van der Waals surface area contributed by atoms with Gasteiger partial charge in [0.05, 0.1) is 6.42 Å². The summed E-state index contributed by atoms with van der Waals surface area (Å²) in [5, 5.41) is 0. The van der Waals surface area contributed by atoms with Gasteiger partial charge >= 0.3 is 5.97 Å². The van der Waals surface area contributed by atoms with E-state index in [1.165, 1.54) is 64.2 Å². The van der Waals surface area contributed by atoms with Gasteiger partial charge in [-0.3, -0.25) is 4.79 Å². The smallest absolute Gasteiger partial charge is 0.307 e. The molecule has 0 heterocycles. The highest BCUT2D eigenvalue weighted by Gasteiger charge is 2.44. The Labute approximate surface area is 129 Å². The molecule has 0 aromatic carbocycles. The van der Waals surface area contributed by atoms with Gasteiger partial charge in [-0.05, 0) is 44.4 Å². The number of carbonyl (C=O) groups excluding carboxylic acids is 1. The van der Waals surface area contributed by atoms with Crippen molar-refractivity contribution in [2.45, 2.75) is 83.2 Å². The van der Waals surface area contributed by atoms with Crippen LogP contribution in [0.1, 0.15) is 77.6 Å². The van der Waals surface area contributed by atoms with Crippen molar-refractivity contribution in [1.82, 2.24) is 0 Å². The molecule has 2 fully saturated rings. The Balaban J connectivity index is 2.09. The van der Waals surface area contributed by atoms with Crippen LogP contribution in [0.2, 0.25) is 0 Å². The summed E-state index contributed by atoms with van der Waals surface area (Å²) in [6.45, 7) is 2.23. The van der Waals surface area contributed by atoms with Crippen LogP contribution >= 0.6 is 12.6 Å². The molecule has 0 atom stereocenters. The van der Waals surface area contributed by atoms with E-state index in [-0.39, 0.29) is 11.6 Å². The molecule has 0 saturated heterocycles. The fraction of sp³-hybridized carbons (Fsp3) is 0.941. The molecule has 0 aliphatic heterocycles. The normalized spacial score (nSPS) is 22.7. The first kappa shape index (κ1) is 16.2. The molecule has 0 spiro atoms. The maximum Gasteiger partial charge on any atom is 0.307 e. The minimum atomic E-state index is -0.221. The van der Waals surface area contributed by atoms with Crippen molar-refractivity contribution >= 4 is 18.6 Å². The second kappa shape index (κ2) is 7.72. The fourth-order valence-corrected chi connectivity index (χ4v) is 4.42. The lowest BCUT2D eigenvalue weighted by molar-refractivity contribution is -0.176. The van der Waals surface area contributed by atoms with Crippen LogP contribution in [0.15, 0.2) is 0 Å². The molecule has 0 aromatic rings. The van der Waals surface area contributed by atoms with E-state index in [9.17, 15) is 4.79 Å². The Morgan fingerprint density at radius 2 is 1.45 bits per heavy atom. The number of hydrogen-bond donors (Lipinski definition) is 1. The van der Waals surface area contributed by atoms with Crippen LogP contribution in [0.3, 0.4) is 0 Å². The quantitative estimate of drug-likeness (QED) is 0.584. The van der Waals surface area contributed by atoms with E-state index in [2.05, 4.69) is 19.6 Å². The third-order valence-corrected chi connectivity index (χ3v) is 5.70. The number of thiol groups is 1. The van der Waals surface area contributed by atoms with E-state index < -0.39 is 0 Å². The Morgan fingerprint density at radius 3 is 1.85 bits per heavy atom. The van der Waals surface area contributed by atoms with Crippen molar-refractivity contribution in [2.24, 2.45) is 11.8 Å². The molecule has 2 rings (SSSR count). The minimum absolute atomic E-state index is 0.0429. The molecule has 0 aromatic heterocycles. The molecule has 116 valence electrons. The van der Waals surface area contributed by atoms with Gasteiger partial charge in [-0.1, -0.05) is 38.5 Å². The van der Waals surface area contributed by atoms with Crippen molar-refractivity contribution in [1.29, 1.82) is 0 Å². The van der Waals surface area contributed by atoms with E-state index in [1.54, 1.807) is 0 Å². The SMILES string of the molecule is CC(OC(=O)CCS)(C1CCCCC1)C1CCCCC1. The molecule has 3 heteroatoms. The molecule has 2 nitrogen and oxygen atoms in total. The van der Waals surface area contributed by atoms with Crippen LogP contribution in [0.5, 0.6) is 0 Å². The summed E-state index contributed by atoms with van der Waals surface area (Å²) in [5.74, 6) is 1.69. The first-order valence-corrected chi connectivity index (χ1v) is 9.12. The zero-order valence-corrected chi connectivity index (χ0v) is 13.8. The van der Waals surface area contributed by atoms with Gasteiger partial charge in [0.25, 0.3) is 0 Å². The van der Waals surface area contributed by atoms with Crippen molar-refractivity contribution in [3.8, 4) is 0 Å². The molecule has 0 bridgehead atoms. The van der Waals surface area contributed by atoms with Gasteiger partial charge in [0, 0.05) is 5.75 Å². The van der Waals surface area contributed by atoms with Gasteiger partial charge in [0.2, 0.25) is 0 Å². The van der Waals surface area contributed by atoms with Gasteiger partial charge in [-0.2, -0.15) is 12.6 Å². The molecule has 0 amide bonds. The molecule has 0 unspecified atom stereocenters. The van der Waals surface area contributed by atoms with Crippen LogP contribution in [0, 0.1) is 11.8 Å². The van der Waals surface area contributed by atoms with Crippen molar-refractivity contribution in [3.63, 3.8) is 0 Å². The first-order valence-electron chi connectivity index (χ1n) is 8.49. The molecule has 0 N–H and O–H groups in total. The summed E-state index contributed by atoms with van der Waals surface area (Å²) >= 11 is 4.16. The average molecular weight is 298 g/mol. The zero-order chi connectivity index (χ0) is 14.4. The Hall–Kier alpha value is -0.180. The molecule has 20 heavy (non-hydrogen) atoms. The molecule has 2 aliphatic carbocycles. The van der Waals surface area contributed by atoms with E-state index in [4.69, 9.17) is 4.74 Å². The monoisotopic (exact) mass is 298 g/mol. The highest BCUT2D eigenvalue weighted by molar-refractivity contribution is 7.80. The van der Waals surface area contributed by atoms with Crippen molar-refractivity contribution < 1.29 is 9.53 Å². The van der Waals surface area contributed by atoms with Gasteiger partial charge < -0.3 is 4.74 Å². The Kier molecular flexibility index (Phi) is 6.25. The molecular weight excluding hydrogens is 268 g/mol. The number of ether oxygens (including phenoxy) is 1. The highest BCUT2D eigenvalue weighted by atomic mass is 32.1. The van der Waals surface area contributed by atoms with E-state index >= 15 is 0 Å². The zero-order valence-electron chi connectivity index (χ0n) is 12.9. The maximum atomic E-state index is 12.1. The van der Waals surface area contributed by atoms with Gasteiger partial charge in [-0.25, -0.2) is 0 Å². The largest absolute Gasteiger partial charge is 0.459 e. The second-order valence-electron chi connectivity index (χ2n) is 6.80. The van der Waals surface area contributed by atoms with E-state index in [0.717, 1.165) is 0 Å². The van der Waals surface area contributed by atoms with Crippen LogP contribution in [0.25, 0.3) is 0 Å². The summed E-state index contributed by atoms with van der Waals surface area (Å²) in [5.41, 5.74) is -0.221. The third kappa shape index (κ3) is 3.93. The maximum absolute atomic E-state index is 12.1. The summed E-state index contributed by atoms with van der Waals surface area (Å²) in [6.07, 6.45) is 13.3. The second-order valence-corrected chi connectivity index (χ2v) is 7.25. The number of carbonyl (C=O) groups is 1. The van der Waals surface area contributed by atoms with Gasteiger partial charge in [0.1, 0.15) is 5.60 Å². The summed E-state index contributed by atoms with van der Waals surface area (Å²) < 4.78 is 6.07. The fourth-order valence-electron chi connectivity index (χ4n) is 4.24. The van der Waals surface area contributed by atoms with E-state index in [0.29, 0.717) is 24.0 Å². The summed E-state index contributed by atoms with van der Waals surface area (Å²) in [7, 11) is 0. The van der Waals surface area contributed by atoms with Crippen LogP contribution < -0.4 is 0 Å². The number of esters is 1. The summed E-state index contributed by atoms with van der Waals surface area (Å²) in [4.78, 5) is 12.1. The molecule has 2 aliphatic rings. The number of rotatable bonds is 5. The topological polar surface area (TPSA) is 26.3 Å². The highest BCUT2D eigenvalue weighted by Crippen LogP contribution is 2.45. The third-order valence-electron chi connectivity index (χ3n) is 5.48. The predicted octanol–water partition coefficient (Wildman–Crippen LogP) is 4.77. The molecule has 0 radical (unpaired) electrons. The lowest BCUT2D eigenvalue weighted by Crippen LogP contribution is -2.48. The van der Waals surface area contributed by atoms with Gasteiger partial charge in [-0.15, -0.1) is 0 Å². The lowest BCUT2D eigenvalue weighted by Gasteiger charge is -2.46.